The van der Waals surface area contributed by atoms with Crippen molar-refractivity contribution in [3.8, 4) is 11.5 Å². The maximum Gasteiger partial charge on any atom is 0.247 e. The average Bonchev–Trinajstić information content (AvgIpc) is 2.70. The molecule has 1 aliphatic heterocycles. The molecule has 0 saturated carbocycles. The number of methoxy groups -OCH3 is 2. The molecule has 1 N–H and O–H groups in total. The van der Waals surface area contributed by atoms with Crippen LogP contribution in [0.2, 0.25) is 0 Å². The van der Waals surface area contributed by atoms with Crippen molar-refractivity contribution in [2.24, 2.45) is 0 Å². The first kappa shape index (κ1) is 19.7. The highest BCUT2D eigenvalue weighted by Crippen LogP contribution is 2.33. The summed E-state index contributed by atoms with van der Waals surface area (Å²) in [7, 11) is 3.14. The molecule has 2 amide bonds. The quantitative estimate of drug-likeness (QED) is 0.834. The molecule has 0 saturated heterocycles. The van der Waals surface area contributed by atoms with Crippen molar-refractivity contribution < 1.29 is 19.1 Å². The molecule has 0 fully saturated rings. The van der Waals surface area contributed by atoms with Crippen LogP contribution in [-0.2, 0) is 22.6 Å². The number of carbonyl (C=O) groups excluding carboxylic acids is 2. The SMILES string of the molecule is COc1cccc(CNC(=O)C2c3ccccc3CC(=O)N2C(C)C)c1OC. The third-order valence-corrected chi connectivity index (χ3v) is 5.00. The summed E-state index contributed by atoms with van der Waals surface area (Å²) in [5.41, 5.74) is 2.59. The van der Waals surface area contributed by atoms with Gasteiger partial charge in [0.2, 0.25) is 11.8 Å². The van der Waals surface area contributed by atoms with E-state index in [4.69, 9.17) is 9.47 Å². The van der Waals surface area contributed by atoms with Crippen LogP contribution in [0.15, 0.2) is 42.5 Å². The van der Waals surface area contributed by atoms with Gasteiger partial charge in [0.15, 0.2) is 11.5 Å². The minimum absolute atomic E-state index is 0.0344. The van der Waals surface area contributed by atoms with Crippen LogP contribution in [0.1, 0.15) is 36.6 Å². The van der Waals surface area contributed by atoms with Gasteiger partial charge < -0.3 is 19.7 Å². The Kier molecular flexibility index (Phi) is 5.87. The van der Waals surface area contributed by atoms with Gasteiger partial charge in [0.1, 0.15) is 6.04 Å². The zero-order valence-electron chi connectivity index (χ0n) is 16.7. The second-order valence-electron chi connectivity index (χ2n) is 7.04. The number of para-hydroxylation sites is 1. The number of hydrogen-bond donors (Lipinski definition) is 1. The maximum atomic E-state index is 13.2. The molecular formula is C22H26N2O4. The van der Waals surface area contributed by atoms with E-state index < -0.39 is 6.04 Å². The fourth-order valence-electron chi connectivity index (χ4n) is 3.74. The molecular weight excluding hydrogens is 356 g/mol. The van der Waals surface area contributed by atoms with Gasteiger partial charge in [-0.1, -0.05) is 36.4 Å². The van der Waals surface area contributed by atoms with Crippen LogP contribution in [0.25, 0.3) is 0 Å². The Morgan fingerprint density at radius 3 is 2.57 bits per heavy atom. The van der Waals surface area contributed by atoms with Gasteiger partial charge in [-0.3, -0.25) is 9.59 Å². The van der Waals surface area contributed by atoms with Crippen molar-refractivity contribution in [3.63, 3.8) is 0 Å². The maximum absolute atomic E-state index is 13.2. The van der Waals surface area contributed by atoms with Crippen LogP contribution < -0.4 is 14.8 Å². The summed E-state index contributed by atoms with van der Waals surface area (Å²) in [6.45, 7) is 4.13. The van der Waals surface area contributed by atoms with Gasteiger partial charge in [-0.05, 0) is 31.0 Å². The van der Waals surface area contributed by atoms with Crippen molar-refractivity contribution in [1.82, 2.24) is 10.2 Å². The molecule has 6 nitrogen and oxygen atoms in total. The fourth-order valence-corrected chi connectivity index (χ4v) is 3.74. The predicted molar refractivity (Wildman–Crippen MR) is 106 cm³/mol. The number of ether oxygens (including phenoxy) is 2. The Hall–Kier alpha value is -3.02. The number of fused-ring (bicyclic) bond motifs is 1. The Bertz CT molecular complexity index is 879. The van der Waals surface area contributed by atoms with Crippen LogP contribution in [0.5, 0.6) is 11.5 Å². The molecule has 148 valence electrons. The lowest BCUT2D eigenvalue weighted by atomic mass is 9.90. The second kappa shape index (κ2) is 8.33. The standard InChI is InChI=1S/C22H26N2O4/c1-14(2)24-19(25)12-15-8-5-6-10-17(15)20(24)22(26)23-13-16-9-7-11-18(27-3)21(16)28-4/h5-11,14,20H,12-13H2,1-4H3,(H,23,26). The topological polar surface area (TPSA) is 67.9 Å². The van der Waals surface area contributed by atoms with Crippen molar-refractivity contribution in [2.75, 3.05) is 14.2 Å². The van der Waals surface area contributed by atoms with E-state index in [2.05, 4.69) is 5.32 Å². The van der Waals surface area contributed by atoms with Crippen LogP contribution in [-0.4, -0.2) is 37.0 Å². The molecule has 1 heterocycles. The molecule has 28 heavy (non-hydrogen) atoms. The first-order valence-electron chi connectivity index (χ1n) is 9.34. The first-order chi connectivity index (χ1) is 13.5. The van der Waals surface area contributed by atoms with Crippen molar-refractivity contribution in [3.05, 3.63) is 59.2 Å². The molecule has 1 atom stereocenters. The molecule has 0 bridgehead atoms. The van der Waals surface area contributed by atoms with E-state index in [0.717, 1.165) is 16.7 Å². The van der Waals surface area contributed by atoms with Gasteiger partial charge in [-0.15, -0.1) is 0 Å². The summed E-state index contributed by atoms with van der Waals surface area (Å²) in [4.78, 5) is 27.5. The van der Waals surface area contributed by atoms with E-state index >= 15 is 0 Å². The summed E-state index contributed by atoms with van der Waals surface area (Å²) in [5.74, 6) is 0.953. The van der Waals surface area contributed by atoms with E-state index in [-0.39, 0.29) is 24.4 Å². The number of nitrogens with one attached hydrogen (secondary N) is 1. The molecule has 2 aromatic rings. The predicted octanol–water partition coefficient (Wildman–Crippen LogP) is 2.85. The molecule has 0 radical (unpaired) electrons. The Morgan fingerprint density at radius 1 is 1.14 bits per heavy atom. The van der Waals surface area contributed by atoms with Crippen LogP contribution in [0, 0.1) is 0 Å². The van der Waals surface area contributed by atoms with Gasteiger partial charge >= 0.3 is 0 Å². The number of carbonyl (C=O) groups is 2. The fraction of sp³-hybridized carbons (Fsp3) is 0.364. The molecule has 3 rings (SSSR count). The van der Waals surface area contributed by atoms with Crippen LogP contribution in [0.4, 0.5) is 0 Å². The molecule has 0 aromatic heterocycles. The summed E-state index contributed by atoms with van der Waals surface area (Å²) < 4.78 is 10.8. The zero-order chi connectivity index (χ0) is 20.3. The summed E-state index contributed by atoms with van der Waals surface area (Å²) >= 11 is 0. The highest BCUT2D eigenvalue weighted by atomic mass is 16.5. The Labute approximate surface area is 165 Å². The molecule has 2 aromatic carbocycles. The number of benzene rings is 2. The monoisotopic (exact) mass is 382 g/mol. The van der Waals surface area contributed by atoms with Crippen molar-refractivity contribution >= 4 is 11.8 Å². The number of rotatable bonds is 6. The van der Waals surface area contributed by atoms with E-state index in [1.807, 2.05) is 50.2 Å². The van der Waals surface area contributed by atoms with Crippen molar-refractivity contribution in [2.45, 2.75) is 38.9 Å². The lowest BCUT2D eigenvalue weighted by molar-refractivity contribution is -0.143. The van der Waals surface area contributed by atoms with Gasteiger partial charge in [0, 0.05) is 18.2 Å². The highest BCUT2D eigenvalue weighted by Gasteiger charge is 2.38. The van der Waals surface area contributed by atoms with Gasteiger partial charge in [-0.25, -0.2) is 0 Å². The zero-order valence-corrected chi connectivity index (χ0v) is 16.7. The van der Waals surface area contributed by atoms with Crippen molar-refractivity contribution in [1.29, 1.82) is 0 Å². The molecule has 0 aliphatic carbocycles. The lowest BCUT2D eigenvalue weighted by Gasteiger charge is -2.39. The summed E-state index contributed by atoms with van der Waals surface area (Å²) in [5, 5.41) is 2.97. The molecule has 1 unspecified atom stereocenters. The smallest absolute Gasteiger partial charge is 0.247 e. The summed E-state index contributed by atoms with van der Waals surface area (Å²) in [6.07, 6.45) is 0.321. The van der Waals surface area contributed by atoms with Crippen LogP contribution >= 0.6 is 0 Å². The minimum atomic E-state index is -0.644. The summed E-state index contributed by atoms with van der Waals surface area (Å²) in [6, 6.07) is 12.4. The largest absolute Gasteiger partial charge is 0.493 e. The first-order valence-corrected chi connectivity index (χ1v) is 9.34. The van der Waals surface area contributed by atoms with Gasteiger partial charge in [0.05, 0.1) is 20.6 Å². The second-order valence-corrected chi connectivity index (χ2v) is 7.04. The number of hydrogen-bond acceptors (Lipinski definition) is 4. The van der Waals surface area contributed by atoms with Gasteiger partial charge in [-0.2, -0.15) is 0 Å². The van der Waals surface area contributed by atoms with Crippen LogP contribution in [0.3, 0.4) is 0 Å². The Morgan fingerprint density at radius 2 is 1.89 bits per heavy atom. The molecule has 1 aliphatic rings. The minimum Gasteiger partial charge on any atom is -0.493 e. The van der Waals surface area contributed by atoms with E-state index in [9.17, 15) is 9.59 Å². The van der Waals surface area contributed by atoms with E-state index in [1.54, 1.807) is 25.2 Å². The highest BCUT2D eigenvalue weighted by molar-refractivity contribution is 5.92. The lowest BCUT2D eigenvalue weighted by Crippen LogP contribution is -2.50. The number of amides is 2. The average molecular weight is 382 g/mol. The number of nitrogens with zero attached hydrogens (tertiary/aromatic N) is 1. The Balaban J connectivity index is 1.88. The third kappa shape index (κ3) is 3.67. The molecule has 0 spiro atoms. The normalized spacial score (nSPS) is 16.0. The van der Waals surface area contributed by atoms with E-state index in [1.165, 1.54) is 0 Å². The molecule has 6 heteroatoms. The van der Waals surface area contributed by atoms with E-state index in [0.29, 0.717) is 17.9 Å². The third-order valence-electron chi connectivity index (χ3n) is 5.00. The van der Waals surface area contributed by atoms with Gasteiger partial charge in [0.25, 0.3) is 0 Å².